The number of hydrogen-bond acceptors (Lipinski definition) is 7. The Morgan fingerprint density at radius 1 is 0.889 bits per heavy atom. The molecule has 1 aliphatic rings. The number of anilines is 2. The second-order valence-electron chi connectivity index (χ2n) is 8.60. The molecule has 0 bridgehead atoms. The monoisotopic (exact) mass is 484 g/mol. The minimum absolute atomic E-state index is 0.0224. The summed E-state index contributed by atoms with van der Waals surface area (Å²) in [7, 11) is 3.20. The van der Waals surface area contributed by atoms with Gasteiger partial charge >= 0.3 is 0 Å². The molecule has 8 heteroatoms. The smallest absolute Gasteiger partial charge is 0.257 e. The third-order valence-corrected chi connectivity index (χ3v) is 6.23. The molecular formula is C28H28N4O4. The number of ether oxygens (including phenoxy) is 3. The maximum atomic E-state index is 13.1. The summed E-state index contributed by atoms with van der Waals surface area (Å²) in [5.41, 5.74) is 2.30. The van der Waals surface area contributed by atoms with E-state index in [4.69, 9.17) is 19.2 Å². The molecule has 1 unspecified atom stereocenters. The number of para-hydroxylation sites is 4. The normalized spacial score (nSPS) is 15.4. The zero-order valence-electron chi connectivity index (χ0n) is 20.3. The number of benzene rings is 3. The molecule has 0 radical (unpaired) electrons. The fourth-order valence-electron chi connectivity index (χ4n) is 4.38. The van der Waals surface area contributed by atoms with Crippen LogP contribution in [0.15, 0.2) is 72.8 Å². The number of amides is 1. The summed E-state index contributed by atoms with van der Waals surface area (Å²) in [5.74, 6) is 2.89. The number of carbonyl (C=O) groups is 1. The third-order valence-electron chi connectivity index (χ3n) is 6.23. The molecule has 1 fully saturated rings. The first kappa shape index (κ1) is 23.4. The second kappa shape index (κ2) is 10.5. The number of rotatable bonds is 7. The van der Waals surface area contributed by atoms with E-state index in [9.17, 15) is 4.79 Å². The van der Waals surface area contributed by atoms with Crippen LogP contribution in [-0.2, 0) is 4.79 Å². The third kappa shape index (κ3) is 5.02. The quantitative estimate of drug-likeness (QED) is 0.381. The van der Waals surface area contributed by atoms with Crippen LogP contribution in [0.25, 0.3) is 11.0 Å². The number of piperidine rings is 1. The fourth-order valence-corrected chi connectivity index (χ4v) is 4.38. The van der Waals surface area contributed by atoms with Gasteiger partial charge in [-0.3, -0.25) is 4.79 Å². The summed E-state index contributed by atoms with van der Waals surface area (Å²) >= 11 is 0. The molecule has 1 saturated heterocycles. The molecule has 1 aliphatic heterocycles. The summed E-state index contributed by atoms with van der Waals surface area (Å²) in [4.78, 5) is 24.6. The lowest BCUT2D eigenvalue weighted by atomic mass is 9.97. The van der Waals surface area contributed by atoms with Crippen molar-refractivity contribution in [2.24, 2.45) is 5.92 Å². The van der Waals surface area contributed by atoms with Crippen molar-refractivity contribution in [3.8, 4) is 23.1 Å². The zero-order chi connectivity index (χ0) is 24.9. The van der Waals surface area contributed by atoms with Crippen molar-refractivity contribution in [1.82, 2.24) is 9.97 Å². The van der Waals surface area contributed by atoms with E-state index in [1.165, 1.54) is 0 Å². The minimum Gasteiger partial charge on any atom is -0.493 e. The van der Waals surface area contributed by atoms with Crippen LogP contribution in [0.3, 0.4) is 0 Å². The molecule has 0 spiro atoms. The molecule has 3 aromatic carbocycles. The maximum Gasteiger partial charge on any atom is 0.257 e. The first-order chi connectivity index (χ1) is 17.6. The SMILES string of the molecule is COc1ccccc1Oc1ccc(NC(=O)C2CCCN(c3nc4ccccc4nc3OC)C2)cc1. The van der Waals surface area contributed by atoms with E-state index < -0.39 is 0 Å². The first-order valence-corrected chi connectivity index (χ1v) is 11.9. The van der Waals surface area contributed by atoms with Crippen LogP contribution in [0.1, 0.15) is 12.8 Å². The van der Waals surface area contributed by atoms with Gasteiger partial charge in [-0.2, -0.15) is 0 Å². The Morgan fingerprint density at radius 2 is 1.58 bits per heavy atom. The standard InChI is InChI=1S/C28H28N4O4/c1-34-24-11-5-6-12-25(24)36-21-15-13-20(14-16-21)29-27(33)19-8-7-17-32(18-19)26-28(35-2)31-23-10-4-3-9-22(23)30-26/h3-6,9-16,19H,7-8,17-18H2,1-2H3,(H,29,33). The summed E-state index contributed by atoms with van der Waals surface area (Å²) in [5, 5.41) is 3.04. The number of fused-ring (bicyclic) bond motifs is 1. The summed E-state index contributed by atoms with van der Waals surface area (Å²) in [6, 6.07) is 22.5. The molecule has 0 aliphatic carbocycles. The number of nitrogens with zero attached hydrogens (tertiary/aromatic N) is 3. The van der Waals surface area contributed by atoms with Crippen LogP contribution >= 0.6 is 0 Å². The van der Waals surface area contributed by atoms with Gasteiger partial charge < -0.3 is 24.4 Å². The molecule has 4 aromatic rings. The van der Waals surface area contributed by atoms with Gasteiger partial charge in [-0.25, -0.2) is 9.97 Å². The van der Waals surface area contributed by atoms with Gasteiger partial charge in [0.1, 0.15) is 5.75 Å². The Kier molecular flexibility index (Phi) is 6.84. The molecule has 0 saturated carbocycles. The molecule has 1 N–H and O–H groups in total. The van der Waals surface area contributed by atoms with Gasteiger partial charge in [0, 0.05) is 18.8 Å². The van der Waals surface area contributed by atoms with Crippen LogP contribution in [0, 0.1) is 5.92 Å². The van der Waals surface area contributed by atoms with E-state index >= 15 is 0 Å². The predicted molar refractivity (Wildman–Crippen MR) is 139 cm³/mol. The fraction of sp³-hybridized carbons (Fsp3) is 0.250. The lowest BCUT2D eigenvalue weighted by molar-refractivity contribution is -0.120. The highest BCUT2D eigenvalue weighted by atomic mass is 16.5. The van der Waals surface area contributed by atoms with Crippen molar-refractivity contribution in [2.45, 2.75) is 12.8 Å². The van der Waals surface area contributed by atoms with Crippen LogP contribution in [0.4, 0.5) is 11.5 Å². The summed E-state index contributed by atoms with van der Waals surface area (Å²) in [6.45, 7) is 1.34. The van der Waals surface area contributed by atoms with Crippen LogP contribution < -0.4 is 24.4 Å². The highest BCUT2D eigenvalue weighted by Crippen LogP contribution is 2.32. The Morgan fingerprint density at radius 3 is 2.31 bits per heavy atom. The van der Waals surface area contributed by atoms with Gasteiger partial charge in [-0.05, 0) is 61.4 Å². The van der Waals surface area contributed by atoms with Crippen molar-refractivity contribution < 1.29 is 19.0 Å². The Hall–Kier alpha value is -4.33. The van der Waals surface area contributed by atoms with Crippen LogP contribution in [0.2, 0.25) is 0 Å². The molecule has 36 heavy (non-hydrogen) atoms. The number of aromatic nitrogens is 2. The Bertz CT molecular complexity index is 1360. The van der Waals surface area contributed by atoms with Crippen LogP contribution in [0.5, 0.6) is 23.1 Å². The van der Waals surface area contributed by atoms with E-state index in [0.29, 0.717) is 41.2 Å². The van der Waals surface area contributed by atoms with E-state index in [1.807, 2.05) is 72.8 Å². The average Bonchev–Trinajstić information content (AvgIpc) is 2.93. The van der Waals surface area contributed by atoms with Crippen molar-refractivity contribution in [3.63, 3.8) is 0 Å². The zero-order valence-corrected chi connectivity index (χ0v) is 20.3. The minimum atomic E-state index is -0.179. The molecule has 2 heterocycles. The molecule has 5 rings (SSSR count). The first-order valence-electron chi connectivity index (χ1n) is 11.9. The van der Waals surface area contributed by atoms with E-state index in [2.05, 4.69) is 15.2 Å². The van der Waals surface area contributed by atoms with Gasteiger partial charge in [0.2, 0.25) is 5.91 Å². The highest BCUT2D eigenvalue weighted by Gasteiger charge is 2.29. The summed E-state index contributed by atoms with van der Waals surface area (Å²) < 4.78 is 16.8. The highest BCUT2D eigenvalue weighted by molar-refractivity contribution is 5.93. The lowest BCUT2D eigenvalue weighted by Crippen LogP contribution is -2.41. The Balaban J connectivity index is 1.25. The lowest BCUT2D eigenvalue weighted by Gasteiger charge is -2.33. The number of nitrogens with one attached hydrogen (secondary N) is 1. The molecule has 1 amide bonds. The van der Waals surface area contributed by atoms with E-state index in [1.54, 1.807) is 14.2 Å². The van der Waals surface area contributed by atoms with Crippen LogP contribution in [-0.4, -0.2) is 43.2 Å². The topological polar surface area (TPSA) is 85.8 Å². The van der Waals surface area contributed by atoms with Gasteiger partial charge in [-0.1, -0.05) is 24.3 Å². The summed E-state index contributed by atoms with van der Waals surface area (Å²) in [6.07, 6.45) is 1.68. The molecule has 8 nitrogen and oxygen atoms in total. The van der Waals surface area contributed by atoms with E-state index in [-0.39, 0.29) is 11.8 Å². The maximum absolute atomic E-state index is 13.1. The molecule has 1 aromatic heterocycles. The number of hydrogen-bond donors (Lipinski definition) is 1. The van der Waals surface area contributed by atoms with Crippen molar-refractivity contribution in [1.29, 1.82) is 0 Å². The van der Waals surface area contributed by atoms with Gasteiger partial charge in [0.05, 0.1) is 31.2 Å². The number of carbonyl (C=O) groups excluding carboxylic acids is 1. The number of methoxy groups -OCH3 is 2. The second-order valence-corrected chi connectivity index (χ2v) is 8.60. The molecular weight excluding hydrogens is 456 g/mol. The average molecular weight is 485 g/mol. The van der Waals surface area contributed by atoms with Crippen molar-refractivity contribution >= 4 is 28.4 Å². The van der Waals surface area contributed by atoms with Crippen molar-refractivity contribution in [3.05, 3.63) is 72.8 Å². The molecule has 1 atom stereocenters. The molecule has 184 valence electrons. The van der Waals surface area contributed by atoms with Gasteiger partial charge in [0.25, 0.3) is 5.88 Å². The largest absolute Gasteiger partial charge is 0.493 e. The predicted octanol–water partition coefficient (Wildman–Crippen LogP) is 5.29. The van der Waals surface area contributed by atoms with Crippen molar-refractivity contribution in [2.75, 3.05) is 37.5 Å². The Labute approximate surface area is 209 Å². The van der Waals surface area contributed by atoms with E-state index in [0.717, 1.165) is 30.4 Å². The van der Waals surface area contributed by atoms with Gasteiger partial charge in [-0.15, -0.1) is 0 Å². The van der Waals surface area contributed by atoms with Gasteiger partial charge in [0.15, 0.2) is 17.3 Å².